The van der Waals surface area contributed by atoms with Gasteiger partial charge in [0.25, 0.3) is 0 Å². The molecule has 1 aliphatic heterocycles. The Kier molecular flexibility index (Phi) is 5.15. The summed E-state index contributed by atoms with van der Waals surface area (Å²) in [5, 5.41) is 6.56. The van der Waals surface area contributed by atoms with Crippen molar-refractivity contribution in [2.24, 2.45) is 4.99 Å². The average Bonchev–Trinajstić information content (AvgIpc) is 3.25. The van der Waals surface area contributed by atoms with E-state index in [0.29, 0.717) is 10.9 Å². The first kappa shape index (κ1) is 18.6. The van der Waals surface area contributed by atoms with Crippen molar-refractivity contribution in [1.29, 1.82) is 0 Å². The number of amidine groups is 1. The maximum Gasteiger partial charge on any atom is 0.240 e. The molecule has 2 aromatic carbocycles. The molecule has 2 amide bonds. The van der Waals surface area contributed by atoms with Crippen LogP contribution in [0.25, 0.3) is 20.8 Å². The van der Waals surface area contributed by atoms with Crippen molar-refractivity contribution in [2.75, 3.05) is 12.4 Å². The number of carbonyl (C=O) groups is 2. The highest BCUT2D eigenvalue weighted by atomic mass is 32.2. The van der Waals surface area contributed by atoms with Gasteiger partial charge in [-0.15, -0.1) is 11.3 Å². The molecule has 8 heteroatoms. The van der Waals surface area contributed by atoms with E-state index in [1.807, 2.05) is 30.3 Å². The number of hydrogen-bond acceptors (Lipinski definition) is 6. The Labute approximate surface area is 170 Å². The lowest BCUT2D eigenvalue weighted by atomic mass is 10.2. The number of nitrogens with zero attached hydrogens (tertiary/aromatic N) is 2. The van der Waals surface area contributed by atoms with E-state index in [-0.39, 0.29) is 18.2 Å². The summed E-state index contributed by atoms with van der Waals surface area (Å²) in [5.41, 5.74) is 3.90. The molecule has 142 valence electrons. The standard InChI is InChI=1S/C20H18N4O2S2/c1-11-3-8-14-15(9-11)27-19(23-14)12-4-6-13(7-5-12)22-17(25)10-16-18(26)24-20(21-2)28-16/h3-9,16H,10H2,1-2H3,(H,22,25)(H,21,24,26)/t16-/m1/s1. The number of rotatable bonds is 4. The zero-order valence-electron chi connectivity index (χ0n) is 15.4. The third-order valence-electron chi connectivity index (χ3n) is 4.31. The number of thioether (sulfide) groups is 1. The number of anilines is 1. The van der Waals surface area contributed by atoms with Crippen molar-refractivity contribution >= 4 is 56.0 Å². The predicted molar refractivity (Wildman–Crippen MR) is 116 cm³/mol. The Morgan fingerprint density at radius 1 is 1.25 bits per heavy atom. The third-order valence-corrected chi connectivity index (χ3v) is 6.55. The fraction of sp³-hybridized carbons (Fsp3) is 0.200. The first-order valence-electron chi connectivity index (χ1n) is 8.73. The summed E-state index contributed by atoms with van der Waals surface area (Å²) in [6.07, 6.45) is 0.106. The maximum absolute atomic E-state index is 12.3. The fourth-order valence-corrected chi connectivity index (χ4v) is 4.88. The van der Waals surface area contributed by atoms with Gasteiger partial charge in [-0.05, 0) is 48.9 Å². The summed E-state index contributed by atoms with van der Waals surface area (Å²) in [7, 11) is 1.61. The van der Waals surface area contributed by atoms with Crippen molar-refractivity contribution in [1.82, 2.24) is 10.3 Å². The molecule has 0 bridgehead atoms. The van der Waals surface area contributed by atoms with E-state index in [4.69, 9.17) is 0 Å². The molecule has 1 saturated heterocycles. The molecular weight excluding hydrogens is 392 g/mol. The molecule has 4 rings (SSSR count). The van der Waals surface area contributed by atoms with Crippen LogP contribution in [0.4, 0.5) is 5.69 Å². The van der Waals surface area contributed by atoms with Crippen LogP contribution in [-0.2, 0) is 9.59 Å². The molecule has 1 aromatic heterocycles. The average molecular weight is 411 g/mol. The zero-order valence-corrected chi connectivity index (χ0v) is 17.0. The van der Waals surface area contributed by atoms with Crippen LogP contribution < -0.4 is 10.6 Å². The van der Waals surface area contributed by atoms with Gasteiger partial charge in [-0.3, -0.25) is 14.6 Å². The van der Waals surface area contributed by atoms with Gasteiger partial charge >= 0.3 is 0 Å². The SMILES string of the molecule is CN=C1NC(=O)[C@@H](CC(=O)Nc2ccc(-c3nc4ccc(C)cc4s3)cc2)S1. The van der Waals surface area contributed by atoms with Gasteiger partial charge in [0.1, 0.15) is 10.3 Å². The number of aromatic nitrogens is 1. The largest absolute Gasteiger partial charge is 0.326 e. The highest BCUT2D eigenvalue weighted by Gasteiger charge is 2.31. The van der Waals surface area contributed by atoms with Crippen LogP contribution in [-0.4, -0.2) is 34.3 Å². The molecule has 6 nitrogen and oxygen atoms in total. The molecule has 2 N–H and O–H groups in total. The highest BCUT2D eigenvalue weighted by molar-refractivity contribution is 8.15. The number of benzene rings is 2. The molecule has 0 aliphatic carbocycles. The second-order valence-corrected chi connectivity index (χ2v) is 8.67. The topological polar surface area (TPSA) is 83.5 Å². The van der Waals surface area contributed by atoms with E-state index >= 15 is 0 Å². The van der Waals surface area contributed by atoms with E-state index in [1.54, 1.807) is 18.4 Å². The molecule has 28 heavy (non-hydrogen) atoms. The maximum atomic E-state index is 12.3. The van der Waals surface area contributed by atoms with E-state index in [9.17, 15) is 9.59 Å². The number of carbonyl (C=O) groups excluding carboxylic acids is 2. The zero-order chi connectivity index (χ0) is 19.7. The lowest BCUT2D eigenvalue weighted by molar-refractivity contribution is -0.122. The Morgan fingerprint density at radius 2 is 2.04 bits per heavy atom. The number of hydrogen-bond donors (Lipinski definition) is 2. The normalized spacial score (nSPS) is 17.9. The quantitative estimate of drug-likeness (QED) is 0.685. The second-order valence-electron chi connectivity index (χ2n) is 6.44. The summed E-state index contributed by atoms with van der Waals surface area (Å²) in [5.74, 6) is -0.379. The van der Waals surface area contributed by atoms with Crippen LogP contribution >= 0.6 is 23.1 Å². The van der Waals surface area contributed by atoms with Crippen molar-refractivity contribution in [3.8, 4) is 10.6 Å². The predicted octanol–water partition coefficient (Wildman–Crippen LogP) is 3.82. The molecule has 1 aliphatic rings. The molecule has 1 fully saturated rings. The first-order valence-corrected chi connectivity index (χ1v) is 10.4. The Balaban J connectivity index is 1.42. The highest BCUT2D eigenvalue weighted by Crippen LogP contribution is 2.31. The Morgan fingerprint density at radius 3 is 2.75 bits per heavy atom. The molecule has 0 spiro atoms. The van der Waals surface area contributed by atoms with Gasteiger partial charge in [-0.2, -0.15) is 0 Å². The lowest BCUT2D eigenvalue weighted by Gasteiger charge is -2.08. The molecule has 0 radical (unpaired) electrons. The summed E-state index contributed by atoms with van der Waals surface area (Å²) in [4.78, 5) is 32.7. The Hall–Kier alpha value is -2.71. The van der Waals surface area contributed by atoms with Gasteiger partial charge in [0.15, 0.2) is 5.17 Å². The Bertz CT molecular complexity index is 1090. The summed E-state index contributed by atoms with van der Waals surface area (Å²) in [6, 6.07) is 13.8. The number of fused-ring (bicyclic) bond motifs is 1. The molecule has 0 unspecified atom stereocenters. The second kappa shape index (κ2) is 7.73. The van der Waals surface area contributed by atoms with Crippen molar-refractivity contribution < 1.29 is 9.59 Å². The van der Waals surface area contributed by atoms with Crippen LogP contribution in [0.5, 0.6) is 0 Å². The summed E-state index contributed by atoms with van der Waals surface area (Å²) in [6.45, 7) is 2.07. The smallest absolute Gasteiger partial charge is 0.240 e. The minimum atomic E-state index is -0.441. The molecule has 3 aromatic rings. The first-order chi connectivity index (χ1) is 13.5. The van der Waals surface area contributed by atoms with Crippen molar-refractivity contribution in [3.63, 3.8) is 0 Å². The monoisotopic (exact) mass is 410 g/mol. The van der Waals surface area contributed by atoms with Gasteiger partial charge in [0.05, 0.1) is 10.2 Å². The van der Waals surface area contributed by atoms with E-state index in [1.165, 1.54) is 17.3 Å². The van der Waals surface area contributed by atoms with Crippen LogP contribution in [0, 0.1) is 6.92 Å². The summed E-state index contributed by atoms with van der Waals surface area (Å²) < 4.78 is 1.16. The third kappa shape index (κ3) is 3.93. The van der Waals surface area contributed by atoms with Gasteiger partial charge in [0.2, 0.25) is 11.8 Å². The number of amides is 2. The van der Waals surface area contributed by atoms with E-state index in [2.05, 4.69) is 39.7 Å². The van der Waals surface area contributed by atoms with Gasteiger partial charge < -0.3 is 10.6 Å². The number of aliphatic imine (C=N–C) groups is 1. The van der Waals surface area contributed by atoms with Crippen LogP contribution in [0.3, 0.4) is 0 Å². The minimum absolute atomic E-state index is 0.106. The van der Waals surface area contributed by atoms with E-state index in [0.717, 1.165) is 20.8 Å². The number of nitrogens with one attached hydrogen (secondary N) is 2. The molecular formula is C20H18N4O2S2. The molecule has 0 saturated carbocycles. The van der Waals surface area contributed by atoms with Gasteiger partial charge in [0, 0.05) is 24.7 Å². The number of aryl methyl sites for hydroxylation is 1. The lowest BCUT2D eigenvalue weighted by Crippen LogP contribution is -2.28. The molecule has 2 heterocycles. The number of thiazole rings is 1. The fourth-order valence-electron chi connectivity index (χ4n) is 2.88. The van der Waals surface area contributed by atoms with Crippen molar-refractivity contribution in [2.45, 2.75) is 18.6 Å². The minimum Gasteiger partial charge on any atom is -0.326 e. The molecule has 1 atom stereocenters. The van der Waals surface area contributed by atoms with Gasteiger partial charge in [-0.25, -0.2) is 4.98 Å². The van der Waals surface area contributed by atoms with Crippen molar-refractivity contribution in [3.05, 3.63) is 48.0 Å². The van der Waals surface area contributed by atoms with E-state index < -0.39 is 5.25 Å². The van der Waals surface area contributed by atoms with Crippen LogP contribution in [0.15, 0.2) is 47.5 Å². The summed E-state index contributed by atoms with van der Waals surface area (Å²) >= 11 is 2.93. The van der Waals surface area contributed by atoms with Crippen LogP contribution in [0.2, 0.25) is 0 Å². The van der Waals surface area contributed by atoms with Crippen LogP contribution in [0.1, 0.15) is 12.0 Å². The van der Waals surface area contributed by atoms with Gasteiger partial charge in [-0.1, -0.05) is 17.8 Å².